The molecule has 2 heterocycles. The maximum absolute atomic E-state index is 13.0. The maximum Gasteiger partial charge on any atom is 0.324 e. The summed E-state index contributed by atoms with van der Waals surface area (Å²) >= 11 is 1.48. The Kier molecular flexibility index (Phi) is 5.85. The van der Waals surface area contributed by atoms with Crippen molar-refractivity contribution in [3.8, 4) is 11.3 Å². The molecule has 9 heteroatoms. The predicted octanol–water partition coefficient (Wildman–Crippen LogP) is 3.88. The van der Waals surface area contributed by atoms with Crippen LogP contribution < -0.4 is 5.32 Å². The van der Waals surface area contributed by atoms with Gasteiger partial charge in [-0.1, -0.05) is 30.3 Å². The van der Waals surface area contributed by atoms with Crippen LogP contribution in [0.1, 0.15) is 12.8 Å². The molecule has 0 radical (unpaired) electrons. The number of rotatable bonds is 6. The average molecular weight is 444 g/mol. The maximum atomic E-state index is 13.0. The molecule has 1 saturated heterocycles. The van der Waals surface area contributed by atoms with E-state index in [1.807, 2.05) is 35.7 Å². The molecule has 3 aromatic rings. The largest absolute Gasteiger partial charge is 0.468 e. The summed E-state index contributed by atoms with van der Waals surface area (Å²) in [6.45, 7) is 0.309. The highest BCUT2D eigenvalue weighted by molar-refractivity contribution is 7.89. The summed E-state index contributed by atoms with van der Waals surface area (Å²) in [6, 6.07) is 15.6. The molecule has 156 valence electrons. The summed E-state index contributed by atoms with van der Waals surface area (Å²) in [5, 5.41) is 5.89. The molecule has 1 fully saturated rings. The fourth-order valence-corrected chi connectivity index (χ4v) is 5.83. The van der Waals surface area contributed by atoms with E-state index in [9.17, 15) is 13.2 Å². The van der Waals surface area contributed by atoms with Crippen LogP contribution in [0.4, 0.5) is 10.8 Å². The third-order valence-corrected chi connectivity index (χ3v) is 7.64. The molecular weight excluding hydrogens is 422 g/mol. The molecule has 4 rings (SSSR count). The van der Waals surface area contributed by atoms with E-state index in [0.717, 1.165) is 22.1 Å². The van der Waals surface area contributed by atoms with E-state index in [-0.39, 0.29) is 4.90 Å². The number of benzene rings is 2. The van der Waals surface area contributed by atoms with Crippen LogP contribution >= 0.6 is 11.3 Å². The lowest BCUT2D eigenvalue weighted by Gasteiger charge is -2.22. The smallest absolute Gasteiger partial charge is 0.324 e. The van der Waals surface area contributed by atoms with Gasteiger partial charge in [-0.25, -0.2) is 13.4 Å². The first kappa shape index (κ1) is 20.5. The van der Waals surface area contributed by atoms with E-state index in [2.05, 4.69) is 10.3 Å². The number of sulfonamides is 1. The van der Waals surface area contributed by atoms with E-state index in [1.165, 1.54) is 34.9 Å². The Morgan fingerprint density at radius 1 is 1.17 bits per heavy atom. The summed E-state index contributed by atoms with van der Waals surface area (Å²) in [5.41, 5.74) is 2.65. The van der Waals surface area contributed by atoms with Gasteiger partial charge in [-0.05, 0) is 37.1 Å². The number of nitrogens with zero attached hydrogens (tertiary/aromatic N) is 2. The summed E-state index contributed by atoms with van der Waals surface area (Å²) < 4.78 is 31.9. The predicted molar refractivity (Wildman–Crippen MR) is 116 cm³/mol. The van der Waals surface area contributed by atoms with Gasteiger partial charge in [0.2, 0.25) is 10.0 Å². The lowest BCUT2D eigenvalue weighted by molar-refractivity contribution is -0.144. The molecule has 0 bridgehead atoms. The minimum atomic E-state index is -3.77. The molecule has 1 atom stereocenters. The zero-order valence-corrected chi connectivity index (χ0v) is 17.9. The lowest BCUT2D eigenvalue weighted by Crippen LogP contribution is -2.40. The zero-order chi connectivity index (χ0) is 21.1. The average Bonchev–Trinajstić information content (AvgIpc) is 3.44. The lowest BCUT2D eigenvalue weighted by atomic mass is 10.2. The Morgan fingerprint density at radius 2 is 1.90 bits per heavy atom. The molecule has 0 spiro atoms. The Labute approximate surface area is 179 Å². The highest BCUT2D eigenvalue weighted by atomic mass is 32.2. The third kappa shape index (κ3) is 4.09. The Hall–Kier alpha value is -2.75. The van der Waals surface area contributed by atoms with Crippen molar-refractivity contribution < 1.29 is 17.9 Å². The highest BCUT2D eigenvalue weighted by Crippen LogP contribution is 2.30. The highest BCUT2D eigenvalue weighted by Gasteiger charge is 2.40. The fourth-order valence-electron chi connectivity index (χ4n) is 3.44. The minimum absolute atomic E-state index is 0.146. The van der Waals surface area contributed by atoms with Crippen molar-refractivity contribution in [2.24, 2.45) is 0 Å². The number of hydrogen-bond acceptors (Lipinski definition) is 7. The Balaban J connectivity index is 1.49. The summed E-state index contributed by atoms with van der Waals surface area (Å²) in [6.07, 6.45) is 1.10. The van der Waals surface area contributed by atoms with E-state index < -0.39 is 22.0 Å². The van der Waals surface area contributed by atoms with Crippen LogP contribution in [0, 0.1) is 0 Å². The molecular formula is C21H21N3O4S2. The first-order chi connectivity index (χ1) is 14.5. The molecule has 1 N–H and O–H groups in total. The summed E-state index contributed by atoms with van der Waals surface area (Å²) in [5.74, 6) is -0.521. The van der Waals surface area contributed by atoms with E-state index in [1.54, 1.807) is 12.1 Å². The number of thiazole rings is 1. The standard InChI is InChI=1S/C21H21N3O4S2/c1-28-20(25)19-8-5-13-24(19)30(26,27)17-11-9-16(10-12-17)22-21-23-18(14-29-21)15-6-3-2-4-7-15/h2-4,6-7,9-12,14,19H,5,8,13H2,1H3,(H,22,23). The number of anilines is 2. The van der Waals surface area contributed by atoms with Gasteiger partial charge in [-0.2, -0.15) is 4.31 Å². The van der Waals surface area contributed by atoms with Gasteiger partial charge < -0.3 is 10.1 Å². The zero-order valence-electron chi connectivity index (χ0n) is 16.3. The normalized spacial score (nSPS) is 17.0. The van der Waals surface area contributed by atoms with Gasteiger partial charge in [0.15, 0.2) is 5.13 Å². The van der Waals surface area contributed by atoms with Crippen molar-refractivity contribution in [1.82, 2.24) is 9.29 Å². The van der Waals surface area contributed by atoms with Crippen molar-refractivity contribution >= 4 is 38.1 Å². The summed E-state index contributed by atoms with van der Waals surface area (Å²) in [4.78, 5) is 16.6. The number of carbonyl (C=O) groups excluding carboxylic acids is 1. The molecule has 1 aromatic heterocycles. The summed E-state index contributed by atoms with van der Waals surface area (Å²) in [7, 11) is -2.50. The van der Waals surface area contributed by atoms with E-state index >= 15 is 0 Å². The monoisotopic (exact) mass is 443 g/mol. The third-order valence-electron chi connectivity index (χ3n) is 4.96. The van der Waals surface area contributed by atoms with Crippen molar-refractivity contribution in [2.75, 3.05) is 19.0 Å². The van der Waals surface area contributed by atoms with Gasteiger partial charge in [0.1, 0.15) is 6.04 Å². The van der Waals surface area contributed by atoms with Gasteiger partial charge in [0.25, 0.3) is 0 Å². The van der Waals surface area contributed by atoms with Crippen LogP contribution in [0.2, 0.25) is 0 Å². The van der Waals surface area contributed by atoms with Gasteiger partial charge in [-0.15, -0.1) is 11.3 Å². The van der Waals surface area contributed by atoms with Crippen molar-refractivity contribution in [1.29, 1.82) is 0 Å². The molecule has 1 aliphatic heterocycles. The Morgan fingerprint density at radius 3 is 2.60 bits per heavy atom. The van der Waals surface area contributed by atoms with Gasteiger partial charge in [-0.3, -0.25) is 4.79 Å². The van der Waals surface area contributed by atoms with Crippen LogP contribution in [0.15, 0.2) is 64.9 Å². The van der Waals surface area contributed by atoms with Crippen LogP contribution in [0.5, 0.6) is 0 Å². The molecule has 0 saturated carbocycles. The number of methoxy groups -OCH3 is 1. The number of hydrogen-bond donors (Lipinski definition) is 1. The molecule has 0 amide bonds. The van der Waals surface area contributed by atoms with E-state index in [0.29, 0.717) is 19.4 Å². The number of carbonyl (C=O) groups is 1. The quantitative estimate of drug-likeness (QED) is 0.582. The number of nitrogens with one attached hydrogen (secondary N) is 1. The van der Waals surface area contributed by atoms with Crippen LogP contribution in [0.25, 0.3) is 11.3 Å². The topological polar surface area (TPSA) is 88.6 Å². The van der Waals surface area contributed by atoms with Crippen molar-refractivity contribution in [3.05, 3.63) is 60.0 Å². The second kappa shape index (κ2) is 8.55. The van der Waals surface area contributed by atoms with E-state index in [4.69, 9.17) is 4.74 Å². The van der Waals surface area contributed by atoms with Crippen LogP contribution in [-0.2, 0) is 19.6 Å². The number of esters is 1. The second-order valence-corrected chi connectivity index (χ2v) is 9.60. The molecule has 2 aromatic carbocycles. The first-order valence-corrected chi connectivity index (χ1v) is 11.8. The van der Waals surface area contributed by atoms with Gasteiger partial charge in [0, 0.05) is 23.2 Å². The molecule has 7 nitrogen and oxygen atoms in total. The van der Waals surface area contributed by atoms with Gasteiger partial charge >= 0.3 is 5.97 Å². The van der Waals surface area contributed by atoms with Crippen LogP contribution in [-0.4, -0.2) is 43.4 Å². The number of ether oxygens (including phenoxy) is 1. The van der Waals surface area contributed by atoms with Crippen molar-refractivity contribution in [2.45, 2.75) is 23.8 Å². The van der Waals surface area contributed by atoms with Crippen molar-refractivity contribution in [3.63, 3.8) is 0 Å². The first-order valence-electron chi connectivity index (χ1n) is 9.47. The fraction of sp³-hybridized carbons (Fsp3) is 0.238. The minimum Gasteiger partial charge on any atom is -0.468 e. The number of aromatic nitrogens is 1. The molecule has 1 aliphatic rings. The SMILES string of the molecule is COC(=O)C1CCCN1S(=O)(=O)c1ccc(Nc2nc(-c3ccccc3)cs2)cc1. The van der Waals surface area contributed by atoms with Gasteiger partial charge in [0.05, 0.1) is 17.7 Å². The Bertz CT molecular complexity index is 1130. The van der Waals surface area contributed by atoms with Crippen LogP contribution in [0.3, 0.4) is 0 Å². The molecule has 30 heavy (non-hydrogen) atoms. The second-order valence-electron chi connectivity index (χ2n) is 6.85. The molecule has 1 unspecified atom stereocenters. The molecule has 0 aliphatic carbocycles.